The highest BCUT2D eigenvalue weighted by Gasteiger charge is 2.26. The molecule has 0 heterocycles. The molecule has 0 spiro atoms. The molecule has 3 aromatic rings. The summed E-state index contributed by atoms with van der Waals surface area (Å²) in [6.45, 7) is 4.55. The van der Waals surface area contributed by atoms with Crippen LogP contribution in [0.1, 0.15) is 29.2 Å². The molecule has 0 saturated heterocycles. The van der Waals surface area contributed by atoms with Crippen molar-refractivity contribution in [1.29, 1.82) is 0 Å². The number of benzene rings is 3. The maximum Gasteiger partial charge on any atom is 0.242 e. The van der Waals surface area contributed by atoms with E-state index in [4.69, 9.17) is 11.6 Å². The van der Waals surface area contributed by atoms with Crippen LogP contribution < -0.4 is 5.32 Å². The number of amides is 2. The molecule has 1 unspecified atom stereocenters. The quantitative estimate of drug-likeness (QED) is 0.546. The Hall–Kier alpha value is -3.11. The van der Waals surface area contributed by atoms with Gasteiger partial charge >= 0.3 is 0 Å². The fourth-order valence-corrected chi connectivity index (χ4v) is 3.41. The van der Waals surface area contributed by atoms with E-state index < -0.39 is 6.04 Å². The molecule has 4 nitrogen and oxygen atoms in total. The van der Waals surface area contributed by atoms with Crippen molar-refractivity contribution in [3.8, 4) is 0 Å². The Bertz CT molecular complexity index is 1000. The molecule has 0 fully saturated rings. The van der Waals surface area contributed by atoms with E-state index in [1.807, 2.05) is 73.7 Å². The van der Waals surface area contributed by atoms with Gasteiger partial charge in [0.1, 0.15) is 6.04 Å². The van der Waals surface area contributed by atoms with Crippen LogP contribution in [0.5, 0.6) is 0 Å². The summed E-state index contributed by atoms with van der Waals surface area (Å²) in [7, 11) is 0. The highest BCUT2D eigenvalue weighted by Crippen LogP contribution is 2.15. The second kappa shape index (κ2) is 10.8. The number of carbonyl (C=O) groups excluding carboxylic acids is 2. The molecule has 0 aliphatic carbocycles. The highest BCUT2D eigenvalue weighted by molar-refractivity contribution is 6.30. The van der Waals surface area contributed by atoms with Gasteiger partial charge in [0.2, 0.25) is 11.8 Å². The largest absolute Gasteiger partial charge is 0.350 e. The van der Waals surface area contributed by atoms with Gasteiger partial charge in [-0.2, -0.15) is 0 Å². The second-order valence-corrected chi connectivity index (χ2v) is 8.13. The maximum atomic E-state index is 13.2. The minimum absolute atomic E-state index is 0.0980. The molecule has 3 aromatic carbocycles. The first-order valence-electron chi connectivity index (χ1n) is 10.3. The highest BCUT2D eigenvalue weighted by atomic mass is 35.5. The summed E-state index contributed by atoms with van der Waals surface area (Å²) in [6.07, 6.45) is 0.240. The van der Waals surface area contributed by atoms with Crippen molar-refractivity contribution in [2.75, 3.05) is 0 Å². The van der Waals surface area contributed by atoms with Crippen LogP contribution in [-0.4, -0.2) is 22.8 Å². The third-order valence-corrected chi connectivity index (χ3v) is 5.47. The fraction of sp³-hybridized carbons (Fsp3) is 0.231. The summed E-state index contributed by atoms with van der Waals surface area (Å²) < 4.78 is 0. The van der Waals surface area contributed by atoms with Gasteiger partial charge in [0.05, 0.1) is 6.42 Å². The summed E-state index contributed by atoms with van der Waals surface area (Å²) >= 11 is 6.00. The van der Waals surface area contributed by atoms with Gasteiger partial charge in [-0.15, -0.1) is 0 Å². The van der Waals surface area contributed by atoms with E-state index in [2.05, 4.69) is 5.32 Å². The average molecular weight is 435 g/mol. The summed E-state index contributed by atoms with van der Waals surface area (Å²) in [5.41, 5.74) is 4.03. The van der Waals surface area contributed by atoms with Crippen LogP contribution in [0.2, 0.25) is 5.02 Å². The molecular weight excluding hydrogens is 408 g/mol. The number of aryl methyl sites for hydroxylation is 1. The molecule has 0 bridgehead atoms. The van der Waals surface area contributed by atoms with Crippen LogP contribution in [0.15, 0.2) is 78.9 Å². The molecule has 0 saturated carbocycles. The average Bonchev–Trinajstić information content (AvgIpc) is 2.78. The van der Waals surface area contributed by atoms with E-state index in [-0.39, 0.29) is 18.2 Å². The van der Waals surface area contributed by atoms with E-state index in [1.165, 1.54) is 5.56 Å². The monoisotopic (exact) mass is 434 g/mol. The Kier molecular flexibility index (Phi) is 7.85. The lowest BCUT2D eigenvalue weighted by atomic mass is 10.1. The standard InChI is InChI=1S/C26H27ClN2O2/c1-19-8-10-22(11-9-19)17-28-26(31)20(2)29(18-23-12-14-24(27)15-13-23)25(30)16-21-6-4-3-5-7-21/h3-15,20H,16-18H2,1-2H3,(H,28,31). The Labute approximate surface area is 188 Å². The lowest BCUT2D eigenvalue weighted by Crippen LogP contribution is -2.47. The predicted octanol–water partition coefficient (Wildman–Crippen LogP) is 4.92. The lowest BCUT2D eigenvalue weighted by Gasteiger charge is -2.29. The first-order chi connectivity index (χ1) is 14.9. The molecule has 0 aliphatic heterocycles. The van der Waals surface area contributed by atoms with Crippen molar-refractivity contribution in [2.24, 2.45) is 0 Å². The number of halogens is 1. The smallest absolute Gasteiger partial charge is 0.242 e. The number of carbonyl (C=O) groups is 2. The van der Waals surface area contributed by atoms with Crippen LogP contribution in [0, 0.1) is 6.92 Å². The third-order valence-electron chi connectivity index (χ3n) is 5.22. The molecule has 2 amide bonds. The number of nitrogens with zero attached hydrogens (tertiary/aromatic N) is 1. The Morgan fingerprint density at radius 1 is 0.871 bits per heavy atom. The van der Waals surface area contributed by atoms with Gasteiger partial charge < -0.3 is 10.2 Å². The van der Waals surface area contributed by atoms with Gasteiger partial charge in [-0.05, 0) is 42.7 Å². The van der Waals surface area contributed by atoms with Gasteiger partial charge in [-0.25, -0.2) is 0 Å². The zero-order chi connectivity index (χ0) is 22.2. The lowest BCUT2D eigenvalue weighted by molar-refractivity contribution is -0.140. The number of rotatable bonds is 8. The van der Waals surface area contributed by atoms with Gasteiger partial charge in [0.15, 0.2) is 0 Å². The van der Waals surface area contributed by atoms with Crippen molar-refractivity contribution in [3.05, 3.63) is 106 Å². The van der Waals surface area contributed by atoms with E-state index in [0.717, 1.165) is 16.7 Å². The van der Waals surface area contributed by atoms with Gasteiger partial charge in [-0.1, -0.05) is 83.9 Å². The zero-order valence-corrected chi connectivity index (χ0v) is 18.6. The molecule has 3 rings (SSSR count). The predicted molar refractivity (Wildman–Crippen MR) is 125 cm³/mol. The molecule has 0 aromatic heterocycles. The van der Waals surface area contributed by atoms with E-state index >= 15 is 0 Å². The van der Waals surface area contributed by atoms with Crippen molar-refractivity contribution < 1.29 is 9.59 Å². The van der Waals surface area contributed by atoms with Crippen LogP contribution in [0.4, 0.5) is 0 Å². The zero-order valence-electron chi connectivity index (χ0n) is 17.8. The first-order valence-corrected chi connectivity index (χ1v) is 10.7. The minimum atomic E-state index is -0.614. The van der Waals surface area contributed by atoms with Crippen LogP contribution in [0.3, 0.4) is 0 Å². The molecule has 31 heavy (non-hydrogen) atoms. The Morgan fingerprint density at radius 3 is 2.13 bits per heavy atom. The SMILES string of the molecule is Cc1ccc(CNC(=O)C(C)N(Cc2ccc(Cl)cc2)C(=O)Cc2ccccc2)cc1. The topological polar surface area (TPSA) is 49.4 Å². The molecule has 1 N–H and O–H groups in total. The van der Waals surface area contributed by atoms with Gasteiger partial charge in [0, 0.05) is 18.1 Å². The van der Waals surface area contributed by atoms with Crippen molar-refractivity contribution in [2.45, 2.75) is 39.4 Å². The normalized spacial score (nSPS) is 11.6. The molecular formula is C26H27ClN2O2. The molecule has 5 heteroatoms. The van der Waals surface area contributed by atoms with Gasteiger partial charge in [0.25, 0.3) is 0 Å². The number of nitrogens with one attached hydrogen (secondary N) is 1. The van der Waals surface area contributed by atoms with Crippen molar-refractivity contribution >= 4 is 23.4 Å². The van der Waals surface area contributed by atoms with Gasteiger partial charge in [-0.3, -0.25) is 9.59 Å². The van der Waals surface area contributed by atoms with E-state index in [1.54, 1.807) is 24.0 Å². The second-order valence-electron chi connectivity index (χ2n) is 7.69. The summed E-state index contributed by atoms with van der Waals surface area (Å²) in [6, 6.07) is 24.3. The molecule has 0 radical (unpaired) electrons. The maximum absolute atomic E-state index is 13.2. The molecule has 0 aliphatic rings. The Balaban J connectivity index is 1.72. The van der Waals surface area contributed by atoms with Crippen LogP contribution in [-0.2, 0) is 29.1 Å². The van der Waals surface area contributed by atoms with E-state index in [9.17, 15) is 9.59 Å². The number of hydrogen-bond acceptors (Lipinski definition) is 2. The Morgan fingerprint density at radius 2 is 1.48 bits per heavy atom. The van der Waals surface area contributed by atoms with Crippen LogP contribution in [0.25, 0.3) is 0 Å². The minimum Gasteiger partial charge on any atom is -0.350 e. The van der Waals surface area contributed by atoms with E-state index in [0.29, 0.717) is 18.1 Å². The fourth-order valence-electron chi connectivity index (χ4n) is 3.28. The molecule has 160 valence electrons. The first kappa shape index (κ1) is 22.6. The third kappa shape index (κ3) is 6.69. The summed E-state index contributed by atoms with van der Waals surface area (Å²) in [5.74, 6) is -0.282. The van der Waals surface area contributed by atoms with Crippen molar-refractivity contribution in [3.63, 3.8) is 0 Å². The van der Waals surface area contributed by atoms with Crippen molar-refractivity contribution in [1.82, 2.24) is 10.2 Å². The molecule has 1 atom stereocenters. The number of hydrogen-bond donors (Lipinski definition) is 1. The van der Waals surface area contributed by atoms with Crippen LogP contribution >= 0.6 is 11.6 Å². The summed E-state index contributed by atoms with van der Waals surface area (Å²) in [5, 5.41) is 3.59. The summed E-state index contributed by atoms with van der Waals surface area (Å²) in [4.78, 5) is 27.7.